The third kappa shape index (κ3) is 3.41. The molecule has 1 saturated carbocycles. The highest BCUT2D eigenvalue weighted by molar-refractivity contribution is 6.31. The van der Waals surface area contributed by atoms with Crippen LogP contribution < -0.4 is 5.32 Å². The third-order valence-electron chi connectivity index (χ3n) is 4.37. The molecule has 1 heterocycles. The van der Waals surface area contributed by atoms with Crippen LogP contribution in [-0.4, -0.2) is 27.3 Å². The van der Waals surface area contributed by atoms with Crippen molar-refractivity contribution in [1.82, 2.24) is 15.1 Å². The number of benzene rings is 1. The summed E-state index contributed by atoms with van der Waals surface area (Å²) in [5.41, 5.74) is 0.561. The Morgan fingerprint density at radius 3 is 2.91 bits per heavy atom. The minimum atomic E-state index is -1.14. The Labute approximate surface area is 140 Å². The van der Waals surface area contributed by atoms with Gasteiger partial charge in [0.1, 0.15) is 5.60 Å². The molecule has 23 heavy (non-hydrogen) atoms. The van der Waals surface area contributed by atoms with Crippen LogP contribution in [0.5, 0.6) is 0 Å². The summed E-state index contributed by atoms with van der Waals surface area (Å²) in [5.74, 6) is 0.0609. The van der Waals surface area contributed by atoms with Crippen LogP contribution in [0.1, 0.15) is 30.4 Å². The van der Waals surface area contributed by atoms with Crippen molar-refractivity contribution in [3.05, 3.63) is 52.8 Å². The molecule has 3 unspecified atom stereocenters. The van der Waals surface area contributed by atoms with E-state index in [4.69, 9.17) is 11.6 Å². The monoisotopic (exact) mass is 333 g/mol. The summed E-state index contributed by atoms with van der Waals surface area (Å²) in [6.45, 7) is 1.83. The van der Waals surface area contributed by atoms with Gasteiger partial charge in [-0.3, -0.25) is 9.48 Å². The fourth-order valence-electron chi connectivity index (χ4n) is 2.80. The van der Waals surface area contributed by atoms with E-state index in [9.17, 15) is 9.90 Å². The second-order valence-corrected chi connectivity index (χ2v) is 6.77. The van der Waals surface area contributed by atoms with Gasteiger partial charge in [-0.15, -0.1) is 0 Å². The van der Waals surface area contributed by atoms with Gasteiger partial charge in [0.2, 0.25) is 5.91 Å². The molecule has 2 aromatic rings. The van der Waals surface area contributed by atoms with E-state index in [2.05, 4.69) is 10.4 Å². The van der Waals surface area contributed by atoms with Gasteiger partial charge in [0.05, 0.1) is 12.7 Å². The van der Waals surface area contributed by atoms with Crippen molar-refractivity contribution < 1.29 is 9.90 Å². The zero-order valence-corrected chi connectivity index (χ0v) is 13.9. The first-order chi connectivity index (χ1) is 10.9. The van der Waals surface area contributed by atoms with Crippen LogP contribution >= 0.6 is 11.6 Å². The number of nitrogens with one attached hydrogen (secondary N) is 1. The van der Waals surface area contributed by atoms with Crippen molar-refractivity contribution >= 4 is 17.5 Å². The van der Waals surface area contributed by atoms with E-state index < -0.39 is 5.60 Å². The van der Waals surface area contributed by atoms with Crippen LogP contribution in [0, 0.1) is 5.92 Å². The summed E-state index contributed by atoms with van der Waals surface area (Å²) in [6, 6.07) is 7.62. The summed E-state index contributed by atoms with van der Waals surface area (Å²) in [5, 5.41) is 18.1. The fourth-order valence-corrected chi connectivity index (χ4v) is 3.07. The molecule has 1 aromatic carbocycles. The largest absolute Gasteiger partial charge is 0.383 e. The predicted octanol–water partition coefficient (Wildman–Crippen LogP) is 2.20. The SMILES string of the molecule is Cn1cc(C(C)(O)CNC(=O)C2CC2c2ccccc2Cl)cn1. The molecule has 0 aliphatic heterocycles. The van der Waals surface area contributed by atoms with E-state index in [-0.39, 0.29) is 24.3 Å². The van der Waals surface area contributed by atoms with Crippen molar-refractivity contribution in [2.75, 3.05) is 6.54 Å². The number of rotatable bonds is 5. The fraction of sp³-hybridized carbons (Fsp3) is 0.412. The van der Waals surface area contributed by atoms with Gasteiger partial charge in [-0.2, -0.15) is 5.10 Å². The van der Waals surface area contributed by atoms with E-state index in [1.165, 1.54) is 0 Å². The van der Waals surface area contributed by atoms with E-state index >= 15 is 0 Å². The first-order valence-electron chi connectivity index (χ1n) is 7.62. The minimum absolute atomic E-state index is 0.0425. The summed E-state index contributed by atoms with van der Waals surface area (Å²) >= 11 is 6.18. The summed E-state index contributed by atoms with van der Waals surface area (Å²) < 4.78 is 1.62. The number of nitrogens with zero attached hydrogens (tertiary/aromatic N) is 2. The lowest BCUT2D eigenvalue weighted by atomic mass is 9.99. The highest BCUT2D eigenvalue weighted by atomic mass is 35.5. The molecule has 3 rings (SSSR count). The van der Waals surface area contributed by atoms with E-state index in [1.54, 1.807) is 31.0 Å². The Kier molecular flexibility index (Phi) is 4.17. The lowest BCUT2D eigenvalue weighted by Gasteiger charge is -2.22. The predicted molar refractivity (Wildman–Crippen MR) is 88.1 cm³/mol. The molecule has 1 aliphatic rings. The highest BCUT2D eigenvalue weighted by Crippen LogP contribution is 2.49. The van der Waals surface area contributed by atoms with Gasteiger partial charge in [-0.1, -0.05) is 29.8 Å². The number of amides is 1. The van der Waals surface area contributed by atoms with Crippen molar-refractivity contribution in [3.63, 3.8) is 0 Å². The van der Waals surface area contributed by atoms with Gasteiger partial charge in [0, 0.05) is 29.7 Å². The molecule has 5 nitrogen and oxygen atoms in total. The number of hydrogen-bond donors (Lipinski definition) is 2. The molecule has 1 fully saturated rings. The zero-order valence-electron chi connectivity index (χ0n) is 13.2. The standard InChI is InChI=1S/C17H20ClN3O2/c1-17(23,11-8-20-21(2)9-11)10-19-16(22)14-7-13(14)12-5-3-4-6-15(12)18/h3-6,8-9,13-14,23H,7,10H2,1-2H3,(H,19,22). The van der Waals surface area contributed by atoms with Crippen LogP contribution in [0.4, 0.5) is 0 Å². The van der Waals surface area contributed by atoms with Crippen LogP contribution in [0.3, 0.4) is 0 Å². The second kappa shape index (κ2) is 5.98. The molecule has 0 radical (unpaired) electrons. The molecule has 2 N–H and O–H groups in total. The minimum Gasteiger partial charge on any atom is -0.383 e. The Morgan fingerprint density at radius 1 is 1.52 bits per heavy atom. The molecule has 0 spiro atoms. The number of carbonyl (C=O) groups excluding carboxylic acids is 1. The molecule has 1 aromatic heterocycles. The number of halogens is 1. The molecule has 3 atom stereocenters. The Morgan fingerprint density at radius 2 is 2.26 bits per heavy atom. The number of aryl methyl sites for hydroxylation is 1. The normalized spacial score (nSPS) is 22.4. The van der Waals surface area contributed by atoms with Gasteiger partial charge >= 0.3 is 0 Å². The molecule has 6 heteroatoms. The lowest BCUT2D eigenvalue weighted by molar-refractivity contribution is -0.123. The lowest BCUT2D eigenvalue weighted by Crippen LogP contribution is -2.39. The highest BCUT2D eigenvalue weighted by Gasteiger charge is 2.45. The topological polar surface area (TPSA) is 67.2 Å². The van der Waals surface area contributed by atoms with E-state index in [0.29, 0.717) is 10.6 Å². The average Bonchev–Trinajstić information content (AvgIpc) is 3.18. The first-order valence-corrected chi connectivity index (χ1v) is 8.00. The van der Waals surface area contributed by atoms with Crippen molar-refractivity contribution in [2.45, 2.75) is 24.9 Å². The number of carbonyl (C=O) groups is 1. The molecular weight excluding hydrogens is 314 g/mol. The number of aromatic nitrogens is 2. The van der Waals surface area contributed by atoms with E-state index in [0.717, 1.165) is 12.0 Å². The van der Waals surface area contributed by atoms with Crippen LogP contribution in [0.25, 0.3) is 0 Å². The van der Waals surface area contributed by atoms with Crippen LogP contribution in [0.15, 0.2) is 36.7 Å². The number of hydrogen-bond acceptors (Lipinski definition) is 3. The average molecular weight is 334 g/mol. The first kappa shape index (κ1) is 16.0. The van der Waals surface area contributed by atoms with Gasteiger partial charge < -0.3 is 10.4 Å². The second-order valence-electron chi connectivity index (χ2n) is 6.36. The summed E-state index contributed by atoms with van der Waals surface area (Å²) in [7, 11) is 1.79. The zero-order chi connectivity index (χ0) is 16.6. The van der Waals surface area contributed by atoms with Crippen LogP contribution in [0.2, 0.25) is 5.02 Å². The number of aliphatic hydroxyl groups is 1. The van der Waals surface area contributed by atoms with E-state index in [1.807, 2.05) is 24.3 Å². The van der Waals surface area contributed by atoms with Crippen LogP contribution in [-0.2, 0) is 17.4 Å². The molecule has 0 bridgehead atoms. The van der Waals surface area contributed by atoms with Gasteiger partial charge in [0.15, 0.2) is 0 Å². The molecule has 1 aliphatic carbocycles. The quantitative estimate of drug-likeness (QED) is 0.881. The van der Waals surface area contributed by atoms with Crippen molar-refractivity contribution in [1.29, 1.82) is 0 Å². The summed E-state index contributed by atoms with van der Waals surface area (Å²) in [6.07, 6.45) is 4.15. The van der Waals surface area contributed by atoms with Gasteiger partial charge in [-0.25, -0.2) is 0 Å². The molecule has 122 valence electrons. The Hall–Kier alpha value is -1.85. The smallest absolute Gasteiger partial charge is 0.223 e. The summed E-state index contributed by atoms with van der Waals surface area (Å²) in [4.78, 5) is 12.3. The molecular formula is C17H20ClN3O2. The molecule has 1 amide bonds. The maximum atomic E-state index is 12.3. The Balaban J connectivity index is 1.58. The maximum Gasteiger partial charge on any atom is 0.223 e. The maximum absolute atomic E-state index is 12.3. The van der Waals surface area contributed by atoms with Crippen molar-refractivity contribution in [3.8, 4) is 0 Å². The Bertz CT molecular complexity index is 726. The van der Waals surface area contributed by atoms with Gasteiger partial charge in [-0.05, 0) is 30.9 Å². The molecule has 0 saturated heterocycles. The third-order valence-corrected chi connectivity index (χ3v) is 4.71. The van der Waals surface area contributed by atoms with Gasteiger partial charge in [0.25, 0.3) is 0 Å². The van der Waals surface area contributed by atoms with Crippen molar-refractivity contribution in [2.24, 2.45) is 13.0 Å².